The van der Waals surface area contributed by atoms with Gasteiger partial charge in [0.05, 0.1) is 18.8 Å². The second-order valence-electron chi connectivity index (χ2n) is 23.7. The highest BCUT2D eigenvalue weighted by Gasteiger charge is 2.26. The molecular weight excluding hydrogens is 895 g/mol. The Labute approximate surface area is 459 Å². The summed E-state index contributed by atoms with van der Waals surface area (Å²) < 4.78 is 0. The molecular formula is C68H135NO4. The molecule has 0 fully saturated rings. The van der Waals surface area contributed by atoms with Gasteiger partial charge in [0.25, 0.3) is 0 Å². The summed E-state index contributed by atoms with van der Waals surface area (Å²) in [7, 11) is 0. The van der Waals surface area contributed by atoms with Gasteiger partial charge in [-0.3, -0.25) is 4.79 Å². The molecule has 1 amide bonds. The fourth-order valence-electron chi connectivity index (χ4n) is 11.2. The first-order chi connectivity index (χ1) is 36.1. The van der Waals surface area contributed by atoms with Gasteiger partial charge in [0.1, 0.15) is 6.10 Å². The van der Waals surface area contributed by atoms with Crippen molar-refractivity contribution >= 4 is 5.91 Å². The lowest BCUT2D eigenvalue weighted by Gasteiger charge is -2.26. The quantitative estimate of drug-likeness (QED) is 0.0361. The summed E-state index contributed by atoms with van der Waals surface area (Å²) in [6.45, 7) is 4.22. The van der Waals surface area contributed by atoms with E-state index in [0.717, 1.165) is 38.5 Å². The van der Waals surface area contributed by atoms with E-state index in [2.05, 4.69) is 31.3 Å². The third kappa shape index (κ3) is 58.6. The zero-order valence-corrected chi connectivity index (χ0v) is 50.1. The van der Waals surface area contributed by atoms with E-state index in [9.17, 15) is 20.1 Å². The van der Waals surface area contributed by atoms with Crippen molar-refractivity contribution in [3.8, 4) is 0 Å². The normalized spacial score (nSPS) is 13.1. The maximum absolute atomic E-state index is 12.6. The van der Waals surface area contributed by atoms with Crippen LogP contribution in [0.1, 0.15) is 393 Å². The number of hydrogen-bond donors (Lipinski definition) is 4. The third-order valence-corrected chi connectivity index (χ3v) is 16.4. The second-order valence-corrected chi connectivity index (χ2v) is 23.7. The first-order valence-electron chi connectivity index (χ1n) is 34.0. The van der Waals surface area contributed by atoms with Crippen LogP contribution in [-0.4, -0.2) is 46.1 Å². The fraction of sp³-hybridized carbons (Fsp3) is 0.956. The monoisotopic (exact) mass is 1030 g/mol. The average molecular weight is 1030 g/mol. The molecule has 0 saturated carbocycles. The Morgan fingerprint density at radius 2 is 0.548 bits per heavy atom. The summed E-state index contributed by atoms with van der Waals surface area (Å²) in [4.78, 5) is 12.6. The van der Waals surface area contributed by atoms with Crippen LogP contribution in [-0.2, 0) is 4.79 Å². The smallest absolute Gasteiger partial charge is 0.220 e. The van der Waals surface area contributed by atoms with Gasteiger partial charge >= 0.3 is 0 Å². The Bertz CT molecular complexity index is 1050. The van der Waals surface area contributed by atoms with Gasteiger partial charge in [0.2, 0.25) is 5.91 Å². The molecule has 0 radical (unpaired) electrons. The van der Waals surface area contributed by atoms with Crippen molar-refractivity contribution in [3.63, 3.8) is 0 Å². The number of unbranched alkanes of at least 4 members (excludes halogenated alkanes) is 54. The molecule has 0 aromatic carbocycles. The number of nitrogens with one attached hydrogen (secondary N) is 1. The van der Waals surface area contributed by atoms with Gasteiger partial charge in [0.15, 0.2) is 0 Å². The Balaban J connectivity index is 3.42. The first kappa shape index (κ1) is 72.1. The maximum atomic E-state index is 12.6. The molecule has 0 rings (SSSR count). The van der Waals surface area contributed by atoms with Gasteiger partial charge in [-0.15, -0.1) is 0 Å². The summed E-state index contributed by atoms with van der Waals surface area (Å²) in [5.41, 5.74) is 0. The summed E-state index contributed by atoms with van der Waals surface area (Å²) in [6.07, 6.45) is 81.5. The number of allylic oxidation sites excluding steroid dienone is 2. The molecule has 73 heavy (non-hydrogen) atoms. The van der Waals surface area contributed by atoms with Crippen LogP contribution in [0.3, 0.4) is 0 Å². The molecule has 3 atom stereocenters. The minimum Gasteiger partial charge on any atom is -0.394 e. The minimum absolute atomic E-state index is 0.145. The lowest BCUT2D eigenvalue weighted by Crippen LogP contribution is -2.50. The number of amides is 1. The minimum atomic E-state index is -1.16. The van der Waals surface area contributed by atoms with E-state index in [0.29, 0.717) is 12.8 Å². The van der Waals surface area contributed by atoms with Crippen LogP contribution in [0, 0.1) is 0 Å². The number of aliphatic hydroxyl groups excluding tert-OH is 3. The van der Waals surface area contributed by atoms with E-state index in [1.54, 1.807) is 0 Å². The van der Waals surface area contributed by atoms with Crippen molar-refractivity contribution in [1.82, 2.24) is 5.32 Å². The van der Waals surface area contributed by atoms with E-state index < -0.39 is 18.2 Å². The summed E-state index contributed by atoms with van der Waals surface area (Å²) in [5, 5.41) is 33.8. The van der Waals surface area contributed by atoms with Gasteiger partial charge in [-0.25, -0.2) is 0 Å². The summed E-state index contributed by atoms with van der Waals surface area (Å²) >= 11 is 0. The van der Waals surface area contributed by atoms with Crippen LogP contribution < -0.4 is 5.32 Å². The number of carbonyl (C=O) groups excluding carboxylic acids is 1. The lowest BCUT2D eigenvalue weighted by atomic mass is 10.0. The molecule has 3 unspecified atom stereocenters. The first-order valence-corrected chi connectivity index (χ1v) is 34.0. The number of carbonyl (C=O) groups is 1. The molecule has 0 bridgehead atoms. The van der Waals surface area contributed by atoms with Crippen LogP contribution in [0.25, 0.3) is 0 Å². The molecule has 0 heterocycles. The summed E-state index contributed by atoms with van der Waals surface area (Å²) in [5.74, 6) is -0.145. The Hall–Kier alpha value is -0.910. The maximum Gasteiger partial charge on any atom is 0.220 e. The average Bonchev–Trinajstić information content (AvgIpc) is 3.40. The van der Waals surface area contributed by atoms with Gasteiger partial charge < -0.3 is 20.6 Å². The molecule has 0 aliphatic rings. The molecule has 0 aromatic rings. The van der Waals surface area contributed by atoms with E-state index in [-0.39, 0.29) is 12.5 Å². The van der Waals surface area contributed by atoms with Crippen molar-refractivity contribution < 1.29 is 20.1 Å². The van der Waals surface area contributed by atoms with E-state index >= 15 is 0 Å². The van der Waals surface area contributed by atoms with Crippen molar-refractivity contribution in [2.75, 3.05) is 6.61 Å². The SMILES string of the molecule is CCCCCCCCCCCCCCCCC/C=C/CCCC(O)C(O)C(CO)NC(=O)CCCCCCCCCCCCCCCCCCCCCCCCCCCCCCCCCCCCCCCCC. The second kappa shape index (κ2) is 63.6. The lowest BCUT2D eigenvalue weighted by molar-refractivity contribution is -0.124. The van der Waals surface area contributed by atoms with Crippen LogP contribution in [0.5, 0.6) is 0 Å². The van der Waals surface area contributed by atoms with Gasteiger partial charge in [-0.2, -0.15) is 0 Å². The molecule has 5 heteroatoms. The molecule has 0 spiro atoms. The molecule has 0 aliphatic heterocycles. The third-order valence-electron chi connectivity index (χ3n) is 16.4. The Morgan fingerprint density at radius 1 is 0.329 bits per heavy atom. The van der Waals surface area contributed by atoms with Gasteiger partial charge in [-0.1, -0.05) is 360 Å². The molecule has 0 saturated heterocycles. The highest BCUT2D eigenvalue weighted by molar-refractivity contribution is 5.76. The van der Waals surface area contributed by atoms with Crippen LogP contribution >= 0.6 is 0 Å². The highest BCUT2D eigenvalue weighted by Crippen LogP contribution is 2.19. The fourth-order valence-corrected chi connectivity index (χ4v) is 11.2. The molecule has 436 valence electrons. The number of hydrogen-bond acceptors (Lipinski definition) is 4. The van der Waals surface area contributed by atoms with Crippen LogP contribution in [0.2, 0.25) is 0 Å². The zero-order chi connectivity index (χ0) is 52.9. The standard InChI is InChI=1S/C68H135NO4/c1-3-5-7-9-11-13-15-17-19-21-23-25-26-27-28-29-30-31-32-33-34-35-36-37-38-39-40-41-42-43-45-47-49-51-53-55-57-59-61-63-67(72)69-65(64-70)68(73)66(71)62-60-58-56-54-52-50-48-46-44-24-22-20-18-16-14-12-10-8-6-4-2/h54,56,65-66,68,70-71,73H,3-53,55,57-64H2,1-2H3,(H,69,72)/b56-54+. The van der Waals surface area contributed by atoms with Crippen molar-refractivity contribution in [3.05, 3.63) is 12.2 Å². The van der Waals surface area contributed by atoms with E-state index in [1.807, 2.05) is 0 Å². The molecule has 5 nitrogen and oxygen atoms in total. The van der Waals surface area contributed by atoms with E-state index in [4.69, 9.17) is 0 Å². The van der Waals surface area contributed by atoms with Crippen molar-refractivity contribution in [2.24, 2.45) is 0 Å². The van der Waals surface area contributed by atoms with E-state index in [1.165, 1.54) is 327 Å². The topological polar surface area (TPSA) is 89.8 Å². The van der Waals surface area contributed by atoms with Crippen LogP contribution in [0.15, 0.2) is 12.2 Å². The largest absolute Gasteiger partial charge is 0.394 e. The van der Waals surface area contributed by atoms with Gasteiger partial charge in [-0.05, 0) is 38.5 Å². The Morgan fingerprint density at radius 3 is 0.795 bits per heavy atom. The van der Waals surface area contributed by atoms with Crippen molar-refractivity contribution in [2.45, 2.75) is 411 Å². The highest BCUT2D eigenvalue weighted by atomic mass is 16.3. The number of rotatable bonds is 64. The predicted octanol–water partition coefficient (Wildman–Crippen LogP) is 21.8. The van der Waals surface area contributed by atoms with Crippen LogP contribution in [0.4, 0.5) is 0 Å². The zero-order valence-electron chi connectivity index (χ0n) is 50.1. The molecule has 0 aliphatic carbocycles. The molecule has 4 N–H and O–H groups in total. The number of aliphatic hydroxyl groups is 3. The van der Waals surface area contributed by atoms with Crippen molar-refractivity contribution in [1.29, 1.82) is 0 Å². The molecule has 0 aromatic heterocycles. The Kier molecular flexibility index (Phi) is 62.8. The van der Waals surface area contributed by atoms with Gasteiger partial charge in [0, 0.05) is 6.42 Å². The summed E-state index contributed by atoms with van der Waals surface area (Å²) in [6, 6.07) is -0.823. The predicted molar refractivity (Wildman–Crippen MR) is 324 cm³/mol.